The highest BCUT2D eigenvalue weighted by Crippen LogP contribution is 2.51. The lowest BCUT2D eigenvalue weighted by molar-refractivity contribution is 0.628. The smallest absolute Gasteiger partial charge is 0.123 e. The van der Waals surface area contributed by atoms with Crippen molar-refractivity contribution in [2.75, 3.05) is 4.90 Å². The molecule has 0 N–H and O–H groups in total. The monoisotopic (exact) mass is 736 g/mol. The third-order valence-electron chi connectivity index (χ3n) is 11.9. The Labute approximate surface area is 333 Å². The molecule has 8 aromatic carbocycles. The van der Waals surface area contributed by atoms with Gasteiger partial charge in [0.2, 0.25) is 0 Å². The normalized spacial score (nSPS) is 12.7. The minimum atomic E-state index is -0.235. The van der Waals surface area contributed by atoms with E-state index in [0.29, 0.717) is 0 Å². The van der Waals surface area contributed by atoms with Gasteiger partial charge in [-0.3, -0.25) is 0 Å². The maximum atomic E-state index is 13.9. The first-order chi connectivity index (χ1) is 27.8. The summed E-state index contributed by atoms with van der Waals surface area (Å²) >= 11 is 0. The molecular formula is C54H41FN2. The van der Waals surface area contributed by atoms with E-state index >= 15 is 0 Å². The minimum Gasteiger partial charge on any atom is -0.343 e. The van der Waals surface area contributed by atoms with Crippen LogP contribution in [0, 0.1) is 5.82 Å². The van der Waals surface area contributed by atoms with Crippen LogP contribution in [-0.2, 0) is 12.5 Å². The van der Waals surface area contributed by atoms with Crippen LogP contribution in [0.15, 0.2) is 194 Å². The third kappa shape index (κ3) is 5.86. The first-order valence-electron chi connectivity index (χ1n) is 19.6. The molecule has 57 heavy (non-hydrogen) atoms. The number of halogens is 1. The Hall–Kier alpha value is -6.97. The second-order valence-electron chi connectivity index (χ2n) is 15.6. The first-order valence-corrected chi connectivity index (χ1v) is 19.6. The number of nitrogens with zero attached hydrogens (tertiary/aromatic N) is 2. The number of fused-ring (bicyclic) bond motifs is 4. The zero-order chi connectivity index (χ0) is 38.7. The van der Waals surface area contributed by atoms with Crippen LogP contribution >= 0.6 is 0 Å². The summed E-state index contributed by atoms with van der Waals surface area (Å²) in [6.45, 7) is 4.68. The van der Waals surface area contributed by atoms with Gasteiger partial charge in [-0.05, 0) is 116 Å². The molecule has 0 unspecified atom stereocenters. The van der Waals surface area contributed by atoms with E-state index in [-0.39, 0.29) is 11.2 Å². The van der Waals surface area contributed by atoms with E-state index in [1.807, 2.05) is 12.1 Å². The molecule has 274 valence electrons. The lowest BCUT2D eigenvalue weighted by atomic mass is 9.82. The maximum absolute atomic E-state index is 13.9. The van der Waals surface area contributed by atoms with Crippen molar-refractivity contribution in [1.82, 2.24) is 4.57 Å². The number of rotatable bonds is 7. The average molecular weight is 737 g/mol. The zero-order valence-electron chi connectivity index (χ0n) is 32.2. The van der Waals surface area contributed by atoms with Crippen molar-refractivity contribution in [3.05, 3.63) is 211 Å². The number of benzene rings is 8. The standard InChI is InChI=1S/C54H41FN2/c1-54(2)49-17-11-10-16-46(49)47-32-31-45(35-50(47)54)57(43-27-20-37(21-28-43)36-12-6-4-7-13-36)44-29-22-39(23-30-44)52-48-34-41(38-18-25-42(55)26-19-38)24-33-51(48)56(3)53(52)40-14-8-5-9-15-40/h4-35H,1-3H3. The topological polar surface area (TPSA) is 8.17 Å². The molecule has 0 spiro atoms. The number of aryl methyl sites for hydroxylation is 1. The van der Waals surface area contributed by atoms with Gasteiger partial charge in [-0.15, -0.1) is 0 Å². The second kappa shape index (κ2) is 13.6. The fourth-order valence-electron chi connectivity index (χ4n) is 8.98. The van der Waals surface area contributed by atoms with E-state index in [0.717, 1.165) is 55.9 Å². The van der Waals surface area contributed by atoms with E-state index in [4.69, 9.17) is 0 Å². The largest absolute Gasteiger partial charge is 0.343 e. The molecule has 1 aliphatic rings. The van der Waals surface area contributed by atoms with Crippen LogP contribution in [0.1, 0.15) is 25.0 Å². The van der Waals surface area contributed by atoms with Gasteiger partial charge < -0.3 is 9.47 Å². The molecular weight excluding hydrogens is 696 g/mol. The fraction of sp³-hybridized carbons (Fsp3) is 0.0741. The summed E-state index contributed by atoms with van der Waals surface area (Å²) in [6.07, 6.45) is 0. The van der Waals surface area contributed by atoms with Gasteiger partial charge in [0.25, 0.3) is 0 Å². The van der Waals surface area contributed by atoms with Gasteiger partial charge in [0.05, 0.1) is 5.69 Å². The van der Waals surface area contributed by atoms with Crippen LogP contribution in [0.3, 0.4) is 0 Å². The number of hydrogen-bond donors (Lipinski definition) is 0. The fourth-order valence-corrected chi connectivity index (χ4v) is 8.98. The molecule has 1 aliphatic carbocycles. The molecule has 0 fully saturated rings. The lowest BCUT2D eigenvalue weighted by Gasteiger charge is -2.28. The van der Waals surface area contributed by atoms with E-state index in [1.165, 1.54) is 51.1 Å². The number of hydrogen-bond acceptors (Lipinski definition) is 1. The first kappa shape index (κ1) is 34.5. The summed E-state index contributed by atoms with van der Waals surface area (Å²) in [6, 6.07) is 68.2. The minimum absolute atomic E-state index is 0.121. The zero-order valence-corrected chi connectivity index (χ0v) is 32.2. The van der Waals surface area contributed by atoms with Gasteiger partial charge in [0.1, 0.15) is 5.82 Å². The molecule has 9 aromatic rings. The van der Waals surface area contributed by atoms with Gasteiger partial charge in [0.15, 0.2) is 0 Å². The summed E-state index contributed by atoms with van der Waals surface area (Å²) in [5, 5.41) is 1.15. The molecule has 0 bridgehead atoms. The van der Waals surface area contributed by atoms with Crippen molar-refractivity contribution in [2.45, 2.75) is 19.3 Å². The summed E-state index contributed by atoms with van der Waals surface area (Å²) < 4.78 is 16.2. The van der Waals surface area contributed by atoms with Crippen molar-refractivity contribution >= 4 is 28.0 Å². The van der Waals surface area contributed by atoms with E-state index in [2.05, 4.69) is 200 Å². The van der Waals surface area contributed by atoms with Crippen LogP contribution in [0.25, 0.3) is 66.7 Å². The summed E-state index contributed by atoms with van der Waals surface area (Å²) in [5.74, 6) is -0.235. The molecule has 2 nitrogen and oxygen atoms in total. The Balaban J connectivity index is 1.12. The Morgan fingerprint density at radius 2 is 0.947 bits per heavy atom. The Morgan fingerprint density at radius 3 is 1.63 bits per heavy atom. The van der Waals surface area contributed by atoms with E-state index in [1.54, 1.807) is 0 Å². The van der Waals surface area contributed by atoms with Crippen LogP contribution in [0.5, 0.6) is 0 Å². The van der Waals surface area contributed by atoms with Gasteiger partial charge in [-0.25, -0.2) is 4.39 Å². The third-order valence-corrected chi connectivity index (χ3v) is 11.9. The predicted octanol–water partition coefficient (Wildman–Crippen LogP) is 14.8. The molecule has 1 aromatic heterocycles. The van der Waals surface area contributed by atoms with Crippen molar-refractivity contribution in [3.63, 3.8) is 0 Å². The van der Waals surface area contributed by atoms with Crippen molar-refractivity contribution < 1.29 is 4.39 Å². The Kier molecular flexibility index (Phi) is 8.27. The van der Waals surface area contributed by atoms with Crippen molar-refractivity contribution in [2.24, 2.45) is 7.05 Å². The molecule has 0 amide bonds. The van der Waals surface area contributed by atoms with Crippen molar-refractivity contribution in [3.8, 4) is 55.8 Å². The highest BCUT2D eigenvalue weighted by molar-refractivity contribution is 6.06. The molecule has 0 saturated carbocycles. The van der Waals surface area contributed by atoms with Crippen LogP contribution in [0.4, 0.5) is 21.5 Å². The Morgan fingerprint density at radius 1 is 0.439 bits per heavy atom. The predicted molar refractivity (Wildman–Crippen MR) is 237 cm³/mol. The SMILES string of the molecule is Cn1c(-c2ccccc2)c(-c2ccc(N(c3ccc(-c4ccccc4)cc3)c3ccc4c(c3)C(C)(C)c3ccccc3-4)cc2)c2cc(-c3ccc(F)cc3)ccc21. The van der Waals surface area contributed by atoms with Gasteiger partial charge in [-0.1, -0.05) is 147 Å². The maximum Gasteiger partial charge on any atom is 0.123 e. The highest BCUT2D eigenvalue weighted by atomic mass is 19.1. The summed E-state index contributed by atoms with van der Waals surface area (Å²) in [4.78, 5) is 2.38. The van der Waals surface area contributed by atoms with Crippen LogP contribution in [-0.4, -0.2) is 4.57 Å². The van der Waals surface area contributed by atoms with E-state index in [9.17, 15) is 4.39 Å². The number of anilines is 3. The van der Waals surface area contributed by atoms with Gasteiger partial charge in [-0.2, -0.15) is 0 Å². The molecule has 0 saturated heterocycles. The molecule has 10 rings (SSSR count). The summed E-state index contributed by atoms with van der Waals surface area (Å²) in [7, 11) is 2.15. The lowest BCUT2D eigenvalue weighted by Crippen LogP contribution is -2.16. The van der Waals surface area contributed by atoms with Crippen LogP contribution in [0.2, 0.25) is 0 Å². The highest BCUT2D eigenvalue weighted by Gasteiger charge is 2.35. The molecule has 0 radical (unpaired) electrons. The van der Waals surface area contributed by atoms with Gasteiger partial charge >= 0.3 is 0 Å². The summed E-state index contributed by atoms with van der Waals surface area (Å²) in [5.41, 5.74) is 18.7. The molecule has 0 aliphatic heterocycles. The molecule has 3 heteroatoms. The van der Waals surface area contributed by atoms with Crippen molar-refractivity contribution in [1.29, 1.82) is 0 Å². The number of aromatic nitrogens is 1. The average Bonchev–Trinajstić information content (AvgIpc) is 3.68. The second-order valence-corrected chi connectivity index (χ2v) is 15.6. The molecule has 0 atom stereocenters. The molecule has 1 heterocycles. The van der Waals surface area contributed by atoms with Gasteiger partial charge in [0, 0.05) is 46.0 Å². The quantitative estimate of drug-likeness (QED) is 0.158. The Bertz CT molecular complexity index is 2910. The van der Waals surface area contributed by atoms with Crippen LogP contribution < -0.4 is 4.90 Å². The van der Waals surface area contributed by atoms with E-state index < -0.39 is 0 Å².